The molecule has 0 saturated carbocycles. The molecule has 0 aromatic heterocycles. The number of nitrogens with two attached hydrogens (primary N) is 1. The van der Waals surface area contributed by atoms with Crippen molar-refractivity contribution >= 4 is 27.5 Å². The van der Waals surface area contributed by atoms with E-state index < -0.39 is 21.8 Å². The molecule has 0 radical (unpaired) electrons. The topological polar surface area (TPSA) is 128 Å². The van der Waals surface area contributed by atoms with Gasteiger partial charge in [-0.3, -0.25) is 14.3 Å². The zero-order valence-electron chi connectivity index (χ0n) is 13.6. The van der Waals surface area contributed by atoms with Crippen LogP contribution in [-0.2, 0) is 10.0 Å². The lowest BCUT2D eigenvalue weighted by atomic mass is 10.2. The molecule has 0 unspecified atom stereocenters. The molecule has 0 fully saturated rings. The summed E-state index contributed by atoms with van der Waals surface area (Å²) in [6, 6.07) is 9.59. The van der Waals surface area contributed by atoms with E-state index in [2.05, 4.69) is 10.0 Å². The summed E-state index contributed by atoms with van der Waals surface area (Å²) in [6.07, 6.45) is 0. The van der Waals surface area contributed by atoms with Crippen LogP contribution >= 0.6 is 0 Å². The van der Waals surface area contributed by atoms with E-state index in [4.69, 9.17) is 10.5 Å². The summed E-state index contributed by atoms with van der Waals surface area (Å²) in [5, 5.41) is 2.42. The van der Waals surface area contributed by atoms with Gasteiger partial charge in [0.2, 0.25) is 5.91 Å². The van der Waals surface area contributed by atoms with Gasteiger partial charge in [0.1, 0.15) is 5.75 Å². The molecule has 132 valence electrons. The number of sulfonamides is 1. The van der Waals surface area contributed by atoms with Crippen LogP contribution in [0.25, 0.3) is 0 Å². The van der Waals surface area contributed by atoms with Crippen LogP contribution in [0, 0.1) is 0 Å². The van der Waals surface area contributed by atoms with Crippen molar-refractivity contribution < 1.29 is 22.7 Å². The predicted octanol–water partition coefficient (Wildman–Crippen LogP) is 0.954. The highest BCUT2D eigenvalue weighted by Gasteiger charge is 2.19. The number of carbonyl (C=O) groups excluding carboxylic acids is 2. The van der Waals surface area contributed by atoms with Crippen LogP contribution in [0.2, 0.25) is 0 Å². The highest BCUT2D eigenvalue weighted by Crippen LogP contribution is 2.24. The predicted molar refractivity (Wildman–Crippen MR) is 92.2 cm³/mol. The van der Waals surface area contributed by atoms with E-state index in [1.54, 1.807) is 0 Å². The van der Waals surface area contributed by atoms with Crippen molar-refractivity contribution in [3.63, 3.8) is 0 Å². The van der Waals surface area contributed by atoms with E-state index in [9.17, 15) is 18.0 Å². The molecule has 9 heteroatoms. The number of carbonyl (C=O) groups is 2. The molecule has 4 N–H and O–H groups in total. The summed E-state index contributed by atoms with van der Waals surface area (Å²) >= 11 is 0. The minimum Gasteiger partial charge on any atom is -0.496 e. The Morgan fingerprint density at radius 1 is 1.08 bits per heavy atom. The number of hydrogen-bond donors (Lipinski definition) is 3. The van der Waals surface area contributed by atoms with E-state index in [-0.39, 0.29) is 27.5 Å². The molecule has 0 aliphatic rings. The van der Waals surface area contributed by atoms with Crippen molar-refractivity contribution in [3.8, 4) is 5.75 Å². The Kier molecular flexibility index (Phi) is 5.28. The van der Waals surface area contributed by atoms with Crippen molar-refractivity contribution in [1.29, 1.82) is 0 Å². The molecule has 0 heterocycles. The number of nitrogens with one attached hydrogen (secondary N) is 2. The largest absolute Gasteiger partial charge is 0.496 e. The van der Waals surface area contributed by atoms with E-state index in [1.807, 2.05) is 0 Å². The number of anilines is 1. The first-order chi connectivity index (χ1) is 11.8. The van der Waals surface area contributed by atoms with Crippen molar-refractivity contribution in [2.45, 2.75) is 4.90 Å². The smallest absolute Gasteiger partial charge is 0.261 e. The van der Waals surface area contributed by atoms with Gasteiger partial charge in [-0.15, -0.1) is 0 Å². The summed E-state index contributed by atoms with van der Waals surface area (Å²) in [5.41, 5.74) is 5.75. The highest BCUT2D eigenvalue weighted by atomic mass is 32.2. The maximum Gasteiger partial charge on any atom is 0.261 e. The van der Waals surface area contributed by atoms with Crippen LogP contribution in [0.15, 0.2) is 47.4 Å². The summed E-state index contributed by atoms with van der Waals surface area (Å²) in [5.74, 6) is -0.830. The van der Waals surface area contributed by atoms with Crippen molar-refractivity contribution in [1.82, 2.24) is 5.32 Å². The molecule has 0 saturated heterocycles. The van der Waals surface area contributed by atoms with Gasteiger partial charge in [-0.05, 0) is 42.5 Å². The van der Waals surface area contributed by atoms with Gasteiger partial charge in [-0.25, -0.2) is 8.42 Å². The van der Waals surface area contributed by atoms with Crippen LogP contribution < -0.4 is 20.5 Å². The van der Waals surface area contributed by atoms with Gasteiger partial charge < -0.3 is 15.8 Å². The van der Waals surface area contributed by atoms with E-state index in [0.717, 1.165) is 0 Å². The fraction of sp³-hybridized carbons (Fsp3) is 0.125. The van der Waals surface area contributed by atoms with Crippen LogP contribution in [0.1, 0.15) is 20.7 Å². The van der Waals surface area contributed by atoms with Crippen LogP contribution in [0.5, 0.6) is 5.75 Å². The Morgan fingerprint density at radius 3 is 2.24 bits per heavy atom. The van der Waals surface area contributed by atoms with E-state index in [0.29, 0.717) is 0 Å². The molecule has 2 aromatic rings. The molecule has 0 atom stereocenters. The van der Waals surface area contributed by atoms with Gasteiger partial charge >= 0.3 is 0 Å². The third kappa shape index (κ3) is 4.07. The van der Waals surface area contributed by atoms with Crippen LogP contribution in [0.4, 0.5) is 5.69 Å². The lowest BCUT2D eigenvalue weighted by molar-refractivity contribution is 0.0958. The molecular formula is C16H17N3O5S. The summed E-state index contributed by atoms with van der Waals surface area (Å²) in [6.45, 7) is 0. The van der Waals surface area contributed by atoms with E-state index in [1.165, 1.54) is 56.6 Å². The quantitative estimate of drug-likeness (QED) is 0.704. The molecule has 0 spiro atoms. The molecule has 25 heavy (non-hydrogen) atoms. The Labute approximate surface area is 145 Å². The lowest BCUT2D eigenvalue weighted by Crippen LogP contribution is -2.20. The van der Waals surface area contributed by atoms with Crippen LogP contribution in [-0.4, -0.2) is 34.4 Å². The van der Waals surface area contributed by atoms with E-state index >= 15 is 0 Å². The number of ether oxygens (including phenoxy) is 1. The average Bonchev–Trinajstić information content (AvgIpc) is 2.60. The molecule has 2 aromatic carbocycles. The van der Waals surface area contributed by atoms with Crippen molar-refractivity contribution in [3.05, 3.63) is 53.6 Å². The first-order valence-electron chi connectivity index (χ1n) is 7.11. The monoisotopic (exact) mass is 363 g/mol. The first-order valence-corrected chi connectivity index (χ1v) is 8.59. The van der Waals surface area contributed by atoms with Crippen molar-refractivity contribution in [2.75, 3.05) is 18.9 Å². The third-order valence-corrected chi connectivity index (χ3v) is 4.75. The Bertz CT molecular complexity index is 908. The van der Waals surface area contributed by atoms with Gasteiger partial charge in [0.15, 0.2) is 0 Å². The number of amides is 2. The number of primary amides is 1. The zero-order chi connectivity index (χ0) is 18.6. The average molecular weight is 363 g/mol. The van der Waals surface area contributed by atoms with Crippen LogP contribution in [0.3, 0.4) is 0 Å². The molecule has 0 bridgehead atoms. The molecule has 2 rings (SSSR count). The standard InChI is InChI=1S/C16H17N3O5S/c1-18-16(21)13-9-12(7-8-14(13)24-2)25(22,23)19-11-5-3-10(4-6-11)15(17)20/h3-9,19H,1-2H3,(H2,17,20)(H,18,21). The zero-order valence-corrected chi connectivity index (χ0v) is 14.4. The first kappa shape index (κ1) is 18.3. The minimum atomic E-state index is -3.94. The fourth-order valence-electron chi connectivity index (χ4n) is 2.08. The molecule has 2 amide bonds. The van der Waals surface area contributed by atoms with Gasteiger partial charge in [-0.1, -0.05) is 0 Å². The Morgan fingerprint density at radius 2 is 1.72 bits per heavy atom. The Hall–Kier alpha value is -3.07. The maximum absolute atomic E-state index is 12.5. The van der Waals surface area contributed by atoms with Gasteiger partial charge in [-0.2, -0.15) is 0 Å². The molecule has 8 nitrogen and oxygen atoms in total. The van der Waals surface area contributed by atoms with Crippen molar-refractivity contribution in [2.24, 2.45) is 5.73 Å². The molecule has 0 aliphatic heterocycles. The SMILES string of the molecule is CNC(=O)c1cc(S(=O)(=O)Nc2ccc(C(N)=O)cc2)ccc1OC. The van der Waals surface area contributed by atoms with Gasteiger partial charge in [0.25, 0.3) is 15.9 Å². The number of rotatable bonds is 6. The Balaban J connectivity index is 2.36. The second kappa shape index (κ2) is 7.22. The number of benzene rings is 2. The van der Waals surface area contributed by atoms with Gasteiger partial charge in [0.05, 0.1) is 17.6 Å². The number of hydrogen-bond acceptors (Lipinski definition) is 5. The third-order valence-electron chi connectivity index (χ3n) is 3.37. The summed E-state index contributed by atoms with van der Waals surface area (Å²) in [4.78, 5) is 22.8. The second-order valence-corrected chi connectivity index (χ2v) is 6.67. The summed E-state index contributed by atoms with van der Waals surface area (Å²) < 4.78 is 32.5. The highest BCUT2D eigenvalue weighted by molar-refractivity contribution is 7.92. The second-order valence-electron chi connectivity index (χ2n) is 4.99. The minimum absolute atomic E-state index is 0.0944. The normalized spacial score (nSPS) is 10.8. The molecule has 0 aliphatic carbocycles. The number of methoxy groups -OCH3 is 1. The van der Waals surface area contributed by atoms with Gasteiger partial charge in [0, 0.05) is 18.3 Å². The maximum atomic E-state index is 12.5. The molecular weight excluding hydrogens is 346 g/mol. The fourth-order valence-corrected chi connectivity index (χ4v) is 3.17. The lowest BCUT2D eigenvalue weighted by Gasteiger charge is -2.12. The summed E-state index contributed by atoms with van der Waals surface area (Å²) in [7, 11) is -1.12.